The highest BCUT2D eigenvalue weighted by atomic mass is 35.5. The van der Waals surface area contributed by atoms with Gasteiger partial charge in [-0.3, -0.25) is 4.79 Å². The van der Waals surface area contributed by atoms with Crippen LogP contribution in [0.25, 0.3) is 0 Å². The highest BCUT2D eigenvalue weighted by Gasteiger charge is 2.23. The zero-order chi connectivity index (χ0) is 22.5. The second-order valence-corrected chi connectivity index (χ2v) is 8.62. The van der Waals surface area contributed by atoms with E-state index in [9.17, 15) is 18.0 Å². The number of methoxy groups -OCH3 is 2. The van der Waals surface area contributed by atoms with Gasteiger partial charge in [-0.1, -0.05) is 17.7 Å². The lowest BCUT2D eigenvalue weighted by Gasteiger charge is -2.14. The summed E-state index contributed by atoms with van der Waals surface area (Å²) in [6.45, 7) is -0.613. The second-order valence-electron chi connectivity index (χ2n) is 6.09. The van der Waals surface area contributed by atoms with E-state index in [4.69, 9.17) is 25.8 Å². The second kappa shape index (κ2) is 9.79. The number of amides is 1. The van der Waals surface area contributed by atoms with E-state index in [1.807, 2.05) is 0 Å². The third kappa shape index (κ3) is 5.21. The monoisotopic (exact) mass is 456 g/mol. The largest absolute Gasteiger partial charge is 0.496 e. The van der Waals surface area contributed by atoms with Gasteiger partial charge in [-0.15, -0.1) is 0 Å². The van der Waals surface area contributed by atoms with Crippen LogP contribution in [0.15, 0.2) is 41.3 Å². The SMILES string of the molecule is COc1cccc(OC)c1C(=O)OCC(=O)Nc1ccc(Cl)c(S(=O)(=O)N(C)C)c1. The molecule has 11 heteroatoms. The number of nitrogens with one attached hydrogen (secondary N) is 1. The summed E-state index contributed by atoms with van der Waals surface area (Å²) in [7, 11) is 1.70. The Kier molecular flexibility index (Phi) is 7.65. The minimum Gasteiger partial charge on any atom is -0.496 e. The van der Waals surface area contributed by atoms with Gasteiger partial charge < -0.3 is 19.5 Å². The third-order valence-corrected chi connectivity index (χ3v) is 6.24. The Hall–Kier alpha value is -2.82. The smallest absolute Gasteiger partial charge is 0.346 e. The molecule has 1 amide bonds. The van der Waals surface area contributed by atoms with Crippen molar-refractivity contribution in [1.29, 1.82) is 0 Å². The highest BCUT2D eigenvalue weighted by molar-refractivity contribution is 7.89. The zero-order valence-corrected chi connectivity index (χ0v) is 18.3. The van der Waals surface area contributed by atoms with Crippen molar-refractivity contribution < 1.29 is 32.2 Å². The summed E-state index contributed by atoms with van der Waals surface area (Å²) < 4.78 is 40.9. The van der Waals surface area contributed by atoms with E-state index in [-0.39, 0.29) is 32.7 Å². The van der Waals surface area contributed by atoms with Crippen LogP contribution in [0.3, 0.4) is 0 Å². The Morgan fingerprint density at radius 2 is 1.67 bits per heavy atom. The first kappa shape index (κ1) is 23.5. The number of carbonyl (C=O) groups excluding carboxylic acids is 2. The van der Waals surface area contributed by atoms with Gasteiger partial charge in [0, 0.05) is 19.8 Å². The molecule has 0 fully saturated rings. The first-order valence-corrected chi connectivity index (χ1v) is 10.3. The zero-order valence-electron chi connectivity index (χ0n) is 16.8. The number of ether oxygens (including phenoxy) is 3. The summed E-state index contributed by atoms with van der Waals surface area (Å²) in [5.41, 5.74) is 0.219. The lowest BCUT2D eigenvalue weighted by Crippen LogP contribution is -2.24. The molecule has 30 heavy (non-hydrogen) atoms. The van der Waals surface area contributed by atoms with Crippen LogP contribution in [0.1, 0.15) is 10.4 Å². The summed E-state index contributed by atoms with van der Waals surface area (Å²) in [5, 5.41) is 2.47. The van der Waals surface area contributed by atoms with Crippen molar-refractivity contribution in [1.82, 2.24) is 4.31 Å². The van der Waals surface area contributed by atoms with Crippen LogP contribution in [0.4, 0.5) is 5.69 Å². The molecule has 0 aliphatic carbocycles. The van der Waals surface area contributed by atoms with Crippen molar-refractivity contribution in [2.75, 3.05) is 40.2 Å². The maximum absolute atomic E-state index is 12.4. The molecule has 2 rings (SSSR count). The number of hydrogen-bond acceptors (Lipinski definition) is 7. The minimum atomic E-state index is -3.81. The van der Waals surface area contributed by atoms with Crippen molar-refractivity contribution in [3.05, 3.63) is 47.0 Å². The van der Waals surface area contributed by atoms with Gasteiger partial charge in [-0.2, -0.15) is 0 Å². The molecular weight excluding hydrogens is 436 g/mol. The van der Waals surface area contributed by atoms with Crippen molar-refractivity contribution >= 4 is 39.2 Å². The molecule has 0 radical (unpaired) electrons. The molecule has 2 aromatic carbocycles. The first-order chi connectivity index (χ1) is 14.1. The first-order valence-electron chi connectivity index (χ1n) is 8.51. The number of anilines is 1. The Labute approximate surface area is 179 Å². The van der Waals surface area contributed by atoms with E-state index in [1.54, 1.807) is 18.2 Å². The highest BCUT2D eigenvalue weighted by Crippen LogP contribution is 2.29. The normalized spacial score (nSPS) is 11.1. The lowest BCUT2D eigenvalue weighted by atomic mass is 10.2. The van der Waals surface area contributed by atoms with Crippen molar-refractivity contribution in [2.24, 2.45) is 0 Å². The van der Waals surface area contributed by atoms with Gasteiger partial charge in [0.2, 0.25) is 10.0 Å². The maximum atomic E-state index is 12.4. The van der Waals surface area contributed by atoms with E-state index in [0.29, 0.717) is 0 Å². The number of esters is 1. The van der Waals surface area contributed by atoms with Crippen LogP contribution in [0.2, 0.25) is 5.02 Å². The summed E-state index contributed by atoms with van der Waals surface area (Å²) in [6.07, 6.45) is 0. The fraction of sp³-hybridized carbons (Fsp3) is 0.263. The van der Waals surface area contributed by atoms with Gasteiger partial charge in [-0.25, -0.2) is 17.5 Å². The van der Waals surface area contributed by atoms with Crippen LogP contribution in [-0.2, 0) is 19.6 Å². The number of sulfonamides is 1. The van der Waals surface area contributed by atoms with E-state index < -0.39 is 28.5 Å². The van der Waals surface area contributed by atoms with Gasteiger partial charge in [0.15, 0.2) is 6.61 Å². The Morgan fingerprint density at radius 1 is 1.07 bits per heavy atom. The molecular formula is C19H21ClN2O7S. The predicted octanol–water partition coefficient (Wildman–Crippen LogP) is 2.40. The van der Waals surface area contributed by atoms with Crippen LogP contribution < -0.4 is 14.8 Å². The molecule has 0 bridgehead atoms. The lowest BCUT2D eigenvalue weighted by molar-refractivity contribution is -0.119. The Bertz CT molecular complexity index is 1030. The fourth-order valence-corrected chi connectivity index (χ4v) is 3.82. The van der Waals surface area contributed by atoms with Crippen molar-refractivity contribution in [2.45, 2.75) is 4.90 Å². The van der Waals surface area contributed by atoms with Crippen LogP contribution in [-0.4, -0.2) is 59.5 Å². The number of benzene rings is 2. The molecule has 0 saturated carbocycles. The fourth-order valence-electron chi connectivity index (χ4n) is 2.43. The molecule has 0 saturated heterocycles. The molecule has 0 unspecified atom stereocenters. The molecule has 0 aromatic heterocycles. The summed E-state index contributed by atoms with van der Waals surface area (Å²) >= 11 is 5.98. The van der Waals surface area contributed by atoms with E-state index in [2.05, 4.69) is 5.32 Å². The van der Waals surface area contributed by atoms with E-state index in [1.165, 1.54) is 46.5 Å². The molecule has 162 valence electrons. The number of hydrogen-bond donors (Lipinski definition) is 1. The van der Waals surface area contributed by atoms with Crippen LogP contribution >= 0.6 is 11.6 Å². The van der Waals surface area contributed by atoms with Gasteiger partial charge >= 0.3 is 5.97 Å². The van der Waals surface area contributed by atoms with Crippen molar-refractivity contribution in [3.63, 3.8) is 0 Å². The Morgan fingerprint density at radius 3 is 2.20 bits per heavy atom. The van der Waals surface area contributed by atoms with Gasteiger partial charge in [0.05, 0.1) is 19.2 Å². The standard InChI is InChI=1S/C19H21ClN2O7S/c1-22(2)30(25,26)16-10-12(8-9-13(16)20)21-17(23)11-29-19(24)18-14(27-3)6-5-7-15(18)28-4/h5-10H,11H2,1-4H3,(H,21,23). The summed E-state index contributed by atoms with van der Waals surface area (Å²) in [5.74, 6) is -1.02. The Balaban J connectivity index is 2.12. The summed E-state index contributed by atoms with van der Waals surface area (Å²) in [4.78, 5) is 24.4. The van der Waals surface area contributed by atoms with Gasteiger partial charge in [-0.05, 0) is 30.3 Å². The number of nitrogens with zero attached hydrogens (tertiary/aromatic N) is 1. The van der Waals surface area contributed by atoms with Crippen LogP contribution in [0.5, 0.6) is 11.5 Å². The van der Waals surface area contributed by atoms with E-state index >= 15 is 0 Å². The molecule has 2 aromatic rings. The molecule has 0 heterocycles. The number of carbonyl (C=O) groups is 2. The molecule has 0 aliphatic rings. The third-order valence-electron chi connectivity index (χ3n) is 3.94. The predicted molar refractivity (Wildman–Crippen MR) is 111 cm³/mol. The number of halogens is 1. The quantitative estimate of drug-likeness (QED) is 0.607. The van der Waals surface area contributed by atoms with E-state index in [0.717, 1.165) is 4.31 Å². The molecule has 0 spiro atoms. The maximum Gasteiger partial charge on any atom is 0.346 e. The van der Waals surface area contributed by atoms with Crippen molar-refractivity contribution in [3.8, 4) is 11.5 Å². The summed E-state index contributed by atoms with van der Waals surface area (Å²) in [6, 6.07) is 8.75. The van der Waals surface area contributed by atoms with Crippen LogP contribution in [0, 0.1) is 0 Å². The average molecular weight is 457 g/mol. The average Bonchev–Trinajstić information content (AvgIpc) is 2.72. The van der Waals surface area contributed by atoms with Gasteiger partial charge in [0.25, 0.3) is 5.91 Å². The molecule has 1 N–H and O–H groups in total. The topological polar surface area (TPSA) is 111 Å². The molecule has 0 atom stereocenters. The molecule has 0 aliphatic heterocycles. The number of rotatable bonds is 8. The molecule has 9 nitrogen and oxygen atoms in total. The van der Waals surface area contributed by atoms with Gasteiger partial charge in [0.1, 0.15) is 22.0 Å². The minimum absolute atomic E-state index is 0.0106.